The van der Waals surface area contributed by atoms with Crippen molar-refractivity contribution < 1.29 is 22.7 Å². The highest BCUT2D eigenvalue weighted by atomic mass is 35.5. The summed E-state index contributed by atoms with van der Waals surface area (Å²) >= 11 is 12.3. The molecule has 0 unspecified atom stereocenters. The van der Waals surface area contributed by atoms with E-state index in [2.05, 4.69) is 5.32 Å². The van der Waals surface area contributed by atoms with Crippen LogP contribution in [0.1, 0.15) is 25.8 Å². The molecule has 2 amide bonds. The number of para-hydroxylation sites is 2. The van der Waals surface area contributed by atoms with E-state index in [9.17, 15) is 18.0 Å². The van der Waals surface area contributed by atoms with Crippen LogP contribution in [0, 0.1) is 0 Å². The fraction of sp³-hybridized carbons (Fsp3) is 0.391. The van der Waals surface area contributed by atoms with Gasteiger partial charge in [0.15, 0.2) is 0 Å². The zero-order chi connectivity index (χ0) is 25.5. The van der Waals surface area contributed by atoms with E-state index in [0.717, 1.165) is 10.6 Å². The van der Waals surface area contributed by atoms with Crippen molar-refractivity contribution in [2.75, 3.05) is 30.8 Å². The molecule has 0 bridgehead atoms. The van der Waals surface area contributed by atoms with E-state index in [0.29, 0.717) is 34.4 Å². The number of rotatable bonds is 11. The Balaban J connectivity index is 2.50. The van der Waals surface area contributed by atoms with Crippen LogP contribution in [0.15, 0.2) is 42.5 Å². The average Bonchev–Trinajstić information content (AvgIpc) is 2.78. The lowest BCUT2D eigenvalue weighted by molar-refractivity contribution is -0.140. The second-order valence-electron chi connectivity index (χ2n) is 7.47. The highest BCUT2D eigenvalue weighted by Crippen LogP contribution is 2.30. The third kappa shape index (κ3) is 7.01. The number of ether oxygens (including phenoxy) is 1. The molecule has 0 saturated carbocycles. The van der Waals surface area contributed by atoms with Gasteiger partial charge in [-0.1, -0.05) is 48.3 Å². The number of benzene rings is 2. The number of hydrogen-bond acceptors (Lipinski definition) is 5. The van der Waals surface area contributed by atoms with Crippen molar-refractivity contribution in [1.29, 1.82) is 0 Å². The second kappa shape index (κ2) is 12.3. The van der Waals surface area contributed by atoms with Crippen LogP contribution in [-0.2, 0) is 26.2 Å². The van der Waals surface area contributed by atoms with Gasteiger partial charge >= 0.3 is 0 Å². The number of hydrogen-bond donors (Lipinski definition) is 1. The van der Waals surface area contributed by atoms with Gasteiger partial charge in [-0.15, -0.1) is 0 Å². The minimum absolute atomic E-state index is 0.00846. The number of halogens is 2. The van der Waals surface area contributed by atoms with Crippen LogP contribution in [0.2, 0.25) is 10.0 Å². The smallest absolute Gasteiger partial charge is 0.244 e. The van der Waals surface area contributed by atoms with Gasteiger partial charge in [0.1, 0.15) is 18.3 Å². The van der Waals surface area contributed by atoms with Crippen LogP contribution in [0.25, 0.3) is 0 Å². The Morgan fingerprint density at radius 3 is 2.35 bits per heavy atom. The van der Waals surface area contributed by atoms with Crippen LogP contribution in [0.3, 0.4) is 0 Å². The standard InChI is InChI=1S/C23H29Cl2N3O5S/c1-5-19(23(30)26-3)27(14-16-11-12-17(24)13-18(16)25)22(29)15-28(34(4,31)32)20-9-7-8-10-21(20)33-6-2/h7-13,19H,5-6,14-15H2,1-4H3,(H,26,30)/t19-/m1/s1. The van der Waals surface area contributed by atoms with Gasteiger partial charge in [-0.2, -0.15) is 0 Å². The summed E-state index contributed by atoms with van der Waals surface area (Å²) in [5.74, 6) is -0.617. The molecular formula is C23H29Cl2N3O5S. The van der Waals surface area contributed by atoms with Crippen LogP contribution < -0.4 is 14.4 Å². The molecule has 8 nitrogen and oxygen atoms in total. The average molecular weight is 530 g/mol. The molecule has 0 heterocycles. The molecule has 1 atom stereocenters. The summed E-state index contributed by atoms with van der Waals surface area (Å²) in [6, 6.07) is 10.6. The Morgan fingerprint density at radius 2 is 1.79 bits per heavy atom. The number of sulfonamides is 1. The van der Waals surface area contributed by atoms with E-state index in [4.69, 9.17) is 27.9 Å². The van der Waals surface area contributed by atoms with E-state index in [1.165, 1.54) is 11.9 Å². The van der Waals surface area contributed by atoms with Gasteiger partial charge in [-0.25, -0.2) is 8.42 Å². The minimum atomic E-state index is -3.87. The van der Waals surface area contributed by atoms with Crippen molar-refractivity contribution in [3.63, 3.8) is 0 Å². The molecule has 1 N–H and O–H groups in total. The summed E-state index contributed by atoms with van der Waals surface area (Å²) in [6.45, 7) is 3.33. The summed E-state index contributed by atoms with van der Waals surface area (Å²) in [6.07, 6.45) is 1.32. The zero-order valence-electron chi connectivity index (χ0n) is 19.5. The van der Waals surface area contributed by atoms with Crippen molar-refractivity contribution in [2.24, 2.45) is 0 Å². The first kappa shape index (κ1) is 27.8. The number of likely N-dealkylation sites (N-methyl/N-ethyl adjacent to an activating group) is 1. The van der Waals surface area contributed by atoms with E-state index in [1.54, 1.807) is 56.3 Å². The maximum Gasteiger partial charge on any atom is 0.244 e. The lowest BCUT2D eigenvalue weighted by Gasteiger charge is -2.33. The monoisotopic (exact) mass is 529 g/mol. The minimum Gasteiger partial charge on any atom is -0.492 e. The summed E-state index contributed by atoms with van der Waals surface area (Å²) in [4.78, 5) is 27.5. The molecule has 186 valence electrons. The molecule has 11 heteroatoms. The topological polar surface area (TPSA) is 96.0 Å². The Kier molecular flexibility index (Phi) is 10.0. The third-order valence-corrected chi connectivity index (χ3v) is 6.81. The molecule has 0 radical (unpaired) electrons. The first-order valence-electron chi connectivity index (χ1n) is 10.7. The van der Waals surface area contributed by atoms with Crippen LogP contribution in [0.5, 0.6) is 5.75 Å². The number of carbonyl (C=O) groups excluding carboxylic acids is 2. The number of nitrogens with one attached hydrogen (secondary N) is 1. The SMILES string of the molecule is CCOc1ccccc1N(CC(=O)N(Cc1ccc(Cl)cc1Cl)[C@H](CC)C(=O)NC)S(C)(=O)=O. The molecule has 0 spiro atoms. The van der Waals surface area contributed by atoms with Crippen molar-refractivity contribution in [2.45, 2.75) is 32.9 Å². The Hall–Kier alpha value is -2.49. The number of amides is 2. The maximum absolute atomic E-state index is 13.6. The molecule has 0 aliphatic heterocycles. The molecule has 2 aromatic carbocycles. The Morgan fingerprint density at radius 1 is 1.12 bits per heavy atom. The van der Waals surface area contributed by atoms with E-state index in [1.807, 2.05) is 0 Å². The van der Waals surface area contributed by atoms with Crippen molar-refractivity contribution >= 4 is 50.7 Å². The van der Waals surface area contributed by atoms with Crippen molar-refractivity contribution in [3.8, 4) is 5.75 Å². The lowest BCUT2D eigenvalue weighted by Crippen LogP contribution is -2.51. The predicted molar refractivity (Wildman–Crippen MR) is 135 cm³/mol. The first-order valence-corrected chi connectivity index (χ1v) is 13.3. The fourth-order valence-electron chi connectivity index (χ4n) is 3.46. The van der Waals surface area contributed by atoms with Crippen molar-refractivity contribution in [1.82, 2.24) is 10.2 Å². The largest absolute Gasteiger partial charge is 0.492 e. The summed E-state index contributed by atoms with van der Waals surface area (Å²) < 4.78 is 32.0. The lowest BCUT2D eigenvalue weighted by atomic mass is 10.1. The Bertz CT molecular complexity index is 1130. The fourth-order valence-corrected chi connectivity index (χ4v) is 4.78. The summed E-state index contributed by atoms with van der Waals surface area (Å²) in [5, 5.41) is 3.33. The molecule has 2 rings (SSSR count). The summed E-state index contributed by atoms with van der Waals surface area (Å²) in [5.41, 5.74) is 0.806. The molecule has 0 aliphatic rings. The molecule has 0 fully saturated rings. The van der Waals surface area contributed by atoms with Crippen LogP contribution >= 0.6 is 23.2 Å². The molecule has 2 aromatic rings. The van der Waals surface area contributed by atoms with Gasteiger partial charge in [-0.3, -0.25) is 13.9 Å². The highest BCUT2D eigenvalue weighted by Gasteiger charge is 2.32. The van der Waals surface area contributed by atoms with Crippen LogP contribution in [-0.4, -0.2) is 57.6 Å². The molecule has 0 aliphatic carbocycles. The quantitative estimate of drug-likeness (QED) is 0.478. The number of nitrogens with zero attached hydrogens (tertiary/aromatic N) is 2. The molecule has 0 aromatic heterocycles. The van der Waals surface area contributed by atoms with Crippen LogP contribution in [0.4, 0.5) is 5.69 Å². The third-order valence-electron chi connectivity index (χ3n) is 5.10. The number of anilines is 1. The van der Waals surface area contributed by atoms with Gasteiger partial charge in [0, 0.05) is 23.6 Å². The van der Waals surface area contributed by atoms with Gasteiger partial charge in [0.25, 0.3) is 0 Å². The van der Waals surface area contributed by atoms with Gasteiger partial charge < -0.3 is 15.0 Å². The van der Waals surface area contributed by atoms with E-state index >= 15 is 0 Å². The second-order valence-corrected chi connectivity index (χ2v) is 10.2. The molecule has 34 heavy (non-hydrogen) atoms. The highest BCUT2D eigenvalue weighted by molar-refractivity contribution is 7.92. The van der Waals surface area contributed by atoms with Gasteiger partial charge in [-0.05, 0) is 43.2 Å². The maximum atomic E-state index is 13.6. The predicted octanol–water partition coefficient (Wildman–Crippen LogP) is 3.71. The summed E-state index contributed by atoms with van der Waals surface area (Å²) in [7, 11) is -2.39. The molecule has 0 saturated heterocycles. The van der Waals surface area contributed by atoms with Gasteiger partial charge in [0.05, 0.1) is 18.6 Å². The van der Waals surface area contributed by atoms with Crippen molar-refractivity contribution in [3.05, 3.63) is 58.1 Å². The van der Waals surface area contributed by atoms with Gasteiger partial charge in [0.2, 0.25) is 21.8 Å². The molecular weight excluding hydrogens is 501 g/mol. The number of carbonyl (C=O) groups is 2. The van der Waals surface area contributed by atoms with E-state index < -0.39 is 28.5 Å². The normalized spacial score (nSPS) is 12.1. The Labute approximate surface area is 210 Å². The zero-order valence-corrected chi connectivity index (χ0v) is 21.9. The van der Waals surface area contributed by atoms with E-state index in [-0.39, 0.29) is 18.1 Å². The first-order chi connectivity index (χ1) is 16.0.